The van der Waals surface area contributed by atoms with Crippen LogP contribution in [0.5, 0.6) is 0 Å². The first-order valence-electron chi connectivity index (χ1n) is 13.8. The Labute approximate surface area is 264 Å². The summed E-state index contributed by atoms with van der Waals surface area (Å²) in [4.78, 5) is 41.0. The van der Waals surface area contributed by atoms with Crippen molar-refractivity contribution in [3.63, 3.8) is 0 Å². The Morgan fingerprint density at radius 1 is 1.17 bits per heavy atom. The third-order valence-electron chi connectivity index (χ3n) is 7.62. The van der Waals surface area contributed by atoms with E-state index in [0.29, 0.717) is 16.7 Å². The van der Waals surface area contributed by atoms with E-state index in [0.717, 1.165) is 36.7 Å². The van der Waals surface area contributed by atoms with Crippen molar-refractivity contribution in [2.45, 2.75) is 30.5 Å². The number of carbonyl (C=O) groups excluding carboxylic acids is 1. The van der Waals surface area contributed by atoms with Crippen LogP contribution in [0, 0.1) is 29.9 Å². The lowest BCUT2D eigenvalue weighted by Gasteiger charge is -2.41. The molecule has 0 N–H and O–H groups in total. The standard InChI is InChI=1S/C30H24F5N7O4S/c1-4-23(43)41-13-12-40(15-17(41)8-10-36)27-18-14-21(32)25(24-19(30(33,34)35)6-5-7-20(24)31)38-28(18)42(29(44)39-27)26-16(2)37-11-9-22(26)47(3,45)46/h4-7,9,11,14,17H,1,8,12-13,15H2,2-3H3. The van der Waals surface area contributed by atoms with Crippen molar-refractivity contribution in [1.29, 1.82) is 5.26 Å². The van der Waals surface area contributed by atoms with Gasteiger partial charge >= 0.3 is 11.9 Å². The molecule has 5 rings (SSSR count). The molecule has 1 saturated heterocycles. The number of aromatic nitrogens is 4. The zero-order valence-electron chi connectivity index (χ0n) is 24.7. The topological polar surface area (TPSA) is 142 Å². The smallest absolute Gasteiger partial charge is 0.352 e. The normalized spacial score (nSPS) is 15.5. The molecule has 1 aliphatic rings. The van der Waals surface area contributed by atoms with Crippen molar-refractivity contribution in [3.05, 3.63) is 82.6 Å². The summed E-state index contributed by atoms with van der Waals surface area (Å²) in [6, 6.07) is 5.11. The number of amides is 1. The minimum absolute atomic E-state index is 0.0163. The molecule has 17 heteroatoms. The molecule has 0 radical (unpaired) electrons. The van der Waals surface area contributed by atoms with Crippen LogP contribution in [0.2, 0.25) is 0 Å². The largest absolute Gasteiger partial charge is 0.417 e. The van der Waals surface area contributed by atoms with Gasteiger partial charge in [-0.3, -0.25) is 9.78 Å². The fourth-order valence-electron chi connectivity index (χ4n) is 5.57. The Bertz CT molecular complexity index is 2160. The van der Waals surface area contributed by atoms with Crippen molar-refractivity contribution in [2.24, 2.45) is 0 Å². The van der Waals surface area contributed by atoms with Crippen LogP contribution in [0.15, 0.2) is 58.9 Å². The molecule has 1 fully saturated rings. The van der Waals surface area contributed by atoms with E-state index in [9.17, 15) is 36.4 Å². The van der Waals surface area contributed by atoms with E-state index < -0.39 is 72.7 Å². The number of hydrogen-bond acceptors (Lipinski definition) is 9. The van der Waals surface area contributed by atoms with E-state index >= 15 is 8.78 Å². The monoisotopic (exact) mass is 673 g/mol. The minimum atomic E-state index is -5.13. The maximum atomic E-state index is 15.9. The van der Waals surface area contributed by atoms with Crippen LogP contribution in [0.1, 0.15) is 17.7 Å². The van der Waals surface area contributed by atoms with Crippen molar-refractivity contribution >= 4 is 32.6 Å². The first-order chi connectivity index (χ1) is 22.1. The Hall–Kier alpha value is -5.24. The molecule has 0 spiro atoms. The molecule has 1 unspecified atom stereocenters. The number of anilines is 1. The summed E-state index contributed by atoms with van der Waals surface area (Å²) < 4.78 is 99.3. The Morgan fingerprint density at radius 2 is 1.89 bits per heavy atom. The van der Waals surface area contributed by atoms with Crippen molar-refractivity contribution in [3.8, 4) is 23.0 Å². The highest BCUT2D eigenvalue weighted by Gasteiger charge is 2.37. The van der Waals surface area contributed by atoms with Gasteiger partial charge in [0.15, 0.2) is 21.3 Å². The van der Waals surface area contributed by atoms with Crippen LogP contribution in [0.4, 0.5) is 27.8 Å². The molecule has 1 aromatic carbocycles. The molecule has 1 amide bonds. The van der Waals surface area contributed by atoms with Gasteiger partial charge in [-0.2, -0.15) is 23.4 Å². The number of rotatable bonds is 6. The predicted molar refractivity (Wildman–Crippen MR) is 159 cm³/mol. The zero-order valence-corrected chi connectivity index (χ0v) is 25.5. The number of nitriles is 1. The second kappa shape index (κ2) is 12.2. The van der Waals surface area contributed by atoms with Gasteiger partial charge in [-0.25, -0.2) is 31.5 Å². The number of piperazine rings is 1. The van der Waals surface area contributed by atoms with Crippen LogP contribution >= 0.6 is 0 Å². The lowest BCUT2D eigenvalue weighted by Crippen LogP contribution is -2.55. The van der Waals surface area contributed by atoms with E-state index in [1.165, 1.54) is 16.7 Å². The Morgan fingerprint density at radius 3 is 2.53 bits per heavy atom. The predicted octanol–water partition coefficient (Wildman–Crippen LogP) is 3.97. The van der Waals surface area contributed by atoms with E-state index in [4.69, 9.17) is 0 Å². The lowest BCUT2D eigenvalue weighted by molar-refractivity contribution is -0.137. The second-order valence-corrected chi connectivity index (χ2v) is 12.6. The van der Waals surface area contributed by atoms with Gasteiger partial charge in [-0.1, -0.05) is 12.6 Å². The number of carbonyl (C=O) groups is 1. The SMILES string of the molecule is C=CC(=O)N1CCN(c2nc(=O)n(-c3c(S(C)(=O)=O)ccnc3C)c3nc(-c4c(F)cccc4C(F)(F)F)c(F)cc23)CC1CC#N. The molecule has 4 aromatic rings. The van der Waals surface area contributed by atoms with E-state index in [1.807, 2.05) is 6.07 Å². The van der Waals surface area contributed by atoms with Gasteiger partial charge in [0.1, 0.15) is 17.3 Å². The number of pyridine rings is 2. The van der Waals surface area contributed by atoms with E-state index in [-0.39, 0.29) is 48.6 Å². The van der Waals surface area contributed by atoms with Crippen LogP contribution in [0.3, 0.4) is 0 Å². The number of sulfone groups is 1. The molecule has 1 aliphatic heterocycles. The molecule has 0 aliphatic carbocycles. The fourth-order valence-corrected chi connectivity index (χ4v) is 6.46. The van der Waals surface area contributed by atoms with Gasteiger partial charge in [0.25, 0.3) is 0 Å². The molecule has 3 aromatic heterocycles. The molecule has 4 heterocycles. The van der Waals surface area contributed by atoms with E-state index in [2.05, 4.69) is 21.5 Å². The highest BCUT2D eigenvalue weighted by Crippen LogP contribution is 2.40. The van der Waals surface area contributed by atoms with Crippen LogP contribution in [-0.2, 0) is 20.8 Å². The zero-order chi connectivity index (χ0) is 34.4. The van der Waals surface area contributed by atoms with Crippen LogP contribution in [0.25, 0.3) is 28.0 Å². The molecular weight excluding hydrogens is 649 g/mol. The summed E-state index contributed by atoms with van der Waals surface area (Å²) in [6.07, 6.45) is -2.18. The third-order valence-corrected chi connectivity index (χ3v) is 8.75. The molecule has 47 heavy (non-hydrogen) atoms. The minimum Gasteiger partial charge on any atom is -0.352 e. The molecule has 244 valence electrons. The van der Waals surface area contributed by atoms with Gasteiger partial charge < -0.3 is 9.80 Å². The van der Waals surface area contributed by atoms with Crippen LogP contribution < -0.4 is 10.6 Å². The molecule has 0 bridgehead atoms. The summed E-state index contributed by atoms with van der Waals surface area (Å²) >= 11 is 0. The van der Waals surface area contributed by atoms with E-state index in [1.54, 1.807) is 0 Å². The van der Waals surface area contributed by atoms with Gasteiger partial charge in [-0.05, 0) is 37.3 Å². The Balaban J connectivity index is 1.88. The number of alkyl halides is 3. The first kappa shape index (κ1) is 33.1. The fraction of sp³-hybridized carbons (Fsp3) is 0.267. The molecular formula is C30H24F5N7O4S. The molecule has 1 atom stereocenters. The second-order valence-electron chi connectivity index (χ2n) is 10.6. The summed E-state index contributed by atoms with van der Waals surface area (Å²) in [7, 11) is -4.08. The highest BCUT2D eigenvalue weighted by molar-refractivity contribution is 7.90. The number of hydrogen-bond donors (Lipinski definition) is 0. The number of nitrogens with zero attached hydrogens (tertiary/aromatic N) is 7. The summed E-state index contributed by atoms with van der Waals surface area (Å²) in [5, 5.41) is 9.14. The van der Waals surface area contributed by atoms with Gasteiger partial charge in [0.05, 0.1) is 51.3 Å². The quantitative estimate of drug-likeness (QED) is 0.220. The van der Waals surface area contributed by atoms with Gasteiger partial charge in [0.2, 0.25) is 5.91 Å². The maximum Gasteiger partial charge on any atom is 0.417 e. The number of aryl methyl sites for hydroxylation is 1. The average molecular weight is 674 g/mol. The van der Waals surface area contributed by atoms with Gasteiger partial charge in [-0.15, -0.1) is 0 Å². The first-order valence-corrected chi connectivity index (χ1v) is 15.7. The van der Waals surface area contributed by atoms with Crippen molar-refractivity contribution in [2.75, 3.05) is 30.8 Å². The summed E-state index contributed by atoms with van der Waals surface area (Å²) in [5.74, 6) is -3.52. The maximum absolute atomic E-state index is 15.9. The number of halogens is 5. The van der Waals surface area contributed by atoms with Crippen LogP contribution in [-0.4, -0.2) is 70.7 Å². The average Bonchev–Trinajstić information content (AvgIpc) is 3.00. The molecule has 11 nitrogen and oxygen atoms in total. The third kappa shape index (κ3) is 6.03. The number of fused-ring (bicyclic) bond motifs is 1. The summed E-state index contributed by atoms with van der Waals surface area (Å²) in [5.41, 5.74) is -5.94. The van der Waals surface area contributed by atoms with Crippen molar-refractivity contribution < 1.29 is 35.2 Å². The highest BCUT2D eigenvalue weighted by atomic mass is 32.2. The lowest BCUT2D eigenvalue weighted by atomic mass is 10.0. The summed E-state index contributed by atoms with van der Waals surface area (Å²) in [6.45, 7) is 4.79. The molecule has 0 saturated carbocycles. The number of benzene rings is 1. The Kier molecular flexibility index (Phi) is 8.58. The van der Waals surface area contributed by atoms with Gasteiger partial charge in [0, 0.05) is 32.1 Å². The van der Waals surface area contributed by atoms with Crippen molar-refractivity contribution in [1.82, 2.24) is 24.4 Å².